The molecule has 0 atom stereocenters. The Morgan fingerprint density at radius 2 is 2.14 bits per heavy atom. The van der Waals surface area contributed by atoms with E-state index >= 15 is 0 Å². The Morgan fingerprint density at radius 1 is 1.50 bits per heavy atom. The summed E-state index contributed by atoms with van der Waals surface area (Å²) < 4.78 is 0. The van der Waals surface area contributed by atoms with Gasteiger partial charge in [0.15, 0.2) is 0 Å². The number of rotatable bonds is 5. The molecule has 0 aliphatic carbocycles. The first kappa shape index (κ1) is 11.5. The summed E-state index contributed by atoms with van der Waals surface area (Å²) in [5.41, 5.74) is 5.14. The van der Waals surface area contributed by atoms with Gasteiger partial charge >= 0.3 is 0 Å². The highest BCUT2D eigenvalue weighted by atomic mass is 16.1. The van der Waals surface area contributed by atoms with Gasteiger partial charge in [-0.2, -0.15) is 0 Å². The number of primary amides is 1. The van der Waals surface area contributed by atoms with Gasteiger partial charge in [-0.1, -0.05) is 6.92 Å². The van der Waals surface area contributed by atoms with E-state index in [4.69, 9.17) is 5.73 Å². The number of piperidine rings is 1. The molecule has 1 aliphatic rings. The average molecular weight is 199 g/mol. The largest absolute Gasteiger partial charge is 0.369 e. The summed E-state index contributed by atoms with van der Waals surface area (Å²) in [6.07, 6.45) is 3.45. The van der Waals surface area contributed by atoms with E-state index in [1.165, 1.54) is 6.42 Å². The number of hydrogen-bond acceptors (Lipinski definition) is 3. The topological polar surface area (TPSA) is 58.4 Å². The summed E-state index contributed by atoms with van der Waals surface area (Å²) in [6, 6.07) is 0.638. The molecule has 4 nitrogen and oxygen atoms in total. The van der Waals surface area contributed by atoms with Crippen molar-refractivity contribution in [3.63, 3.8) is 0 Å². The summed E-state index contributed by atoms with van der Waals surface area (Å²) >= 11 is 0. The van der Waals surface area contributed by atoms with Crippen molar-refractivity contribution >= 4 is 5.91 Å². The Balaban J connectivity index is 2.14. The molecule has 0 spiro atoms. The molecule has 1 aliphatic heterocycles. The minimum absolute atomic E-state index is 0.218. The predicted octanol–water partition coefficient (Wildman–Crippen LogP) is -0.0643. The number of amides is 1. The second-order valence-corrected chi connectivity index (χ2v) is 3.97. The minimum Gasteiger partial charge on any atom is -0.369 e. The number of carbonyl (C=O) groups is 1. The summed E-state index contributed by atoms with van der Waals surface area (Å²) in [5, 5.41) is 3.50. The van der Waals surface area contributed by atoms with Crippen molar-refractivity contribution in [1.29, 1.82) is 0 Å². The van der Waals surface area contributed by atoms with Crippen LogP contribution in [0, 0.1) is 0 Å². The third-order valence-corrected chi connectivity index (χ3v) is 2.65. The maximum Gasteiger partial charge on any atom is 0.231 e. The molecule has 0 aromatic rings. The fraction of sp³-hybridized carbons (Fsp3) is 0.900. The molecule has 1 heterocycles. The third-order valence-electron chi connectivity index (χ3n) is 2.65. The molecule has 14 heavy (non-hydrogen) atoms. The van der Waals surface area contributed by atoms with E-state index in [0.29, 0.717) is 12.6 Å². The first-order valence-corrected chi connectivity index (χ1v) is 5.46. The van der Waals surface area contributed by atoms with E-state index in [-0.39, 0.29) is 5.91 Å². The van der Waals surface area contributed by atoms with Crippen LogP contribution >= 0.6 is 0 Å². The number of hydrogen-bond donors (Lipinski definition) is 2. The van der Waals surface area contributed by atoms with Crippen LogP contribution in [0.15, 0.2) is 0 Å². The molecular weight excluding hydrogens is 178 g/mol. The van der Waals surface area contributed by atoms with Crippen LogP contribution in [0.2, 0.25) is 0 Å². The van der Waals surface area contributed by atoms with Gasteiger partial charge in [-0.05, 0) is 25.8 Å². The SMILES string of the molecule is CCCNC1CCN(CC(N)=O)CC1. The summed E-state index contributed by atoms with van der Waals surface area (Å²) in [7, 11) is 0. The van der Waals surface area contributed by atoms with Crippen molar-refractivity contribution in [2.75, 3.05) is 26.2 Å². The zero-order valence-corrected chi connectivity index (χ0v) is 8.96. The van der Waals surface area contributed by atoms with Gasteiger partial charge in [0.25, 0.3) is 0 Å². The highest BCUT2D eigenvalue weighted by molar-refractivity contribution is 5.75. The monoisotopic (exact) mass is 199 g/mol. The van der Waals surface area contributed by atoms with Gasteiger partial charge in [-0.25, -0.2) is 0 Å². The molecule has 1 saturated heterocycles. The van der Waals surface area contributed by atoms with Gasteiger partial charge in [0, 0.05) is 19.1 Å². The van der Waals surface area contributed by atoms with Crippen LogP contribution in [0.5, 0.6) is 0 Å². The Bertz CT molecular complexity index is 176. The van der Waals surface area contributed by atoms with Gasteiger partial charge in [-0.15, -0.1) is 0 Å². The van der Waals surface area contributed by atoms with Crippen molar-refractivity contribution in [1.82, 2.24) is 10.2 Å². The highest BCUT2D eigenvalue weighted by Gasteiger charge is 2.18. The van der Waals surface area contributed by atoms with Crippen molar-refractivity contribution in [3.8, 4) is 0 Å². The predicted molar refractivity (Wildman–Crippen MR) is 57.0 cm³/mol. The van der Waals surface area contributed by atoms with Gasteiger partial charge in [-0.3, -0.25) is 9.69 Å². The van der Waals surface area contributed by atoms with Crippen LogP contribution in [0.25, 0.3) is 0 Å². The minimum atomic E-state index is -0.218. The second kappa shape index (κ2) is 5.98. The first-order valence-electron chi connectivity index (χ1n) is 5.46. The highest BCUT2D eigenvalue weighted by Crippen LogP contribution is 2.09. The molecule has 0 unspecified atom stereocenters. The summed E-state index contributed by atoms with van der Waals surface area (Å²) in [6.45, 7) is 5.67. The van der Waals surface area contributed by atoms with Gasteiger partial charge < -0.3 is 11.1 Å². The number of nitrogens with zero attached hydrogens (tertiary/aromatic N) is 1. The molecular formula is C10H21N3O. The zero-order valence-electron chi connectivity index (χ0n) is 8.96. The van der Waals surface area contributed by atoms with E-state index in [2.05, 4.69) is 17.1 Å². The molecule has 0 aromatic carbocycles. The van der Waals surface area contributed by atoms with Crippen LogP contribution in [0.4, 0.5) is 0 Å². The van der Waals surface area contributed by atoms with E-state index < -0.39 is 0 Å². The number of nitrogens with two attached hydrogens (primary N) is 1. The van der Waals surface area contributed by atoms with Crippen LogP contribution in [0.1, 0.15) is 26.2 Å². The summed E-state index contributed by atoms with van der Waals surface area (Å²) in [5.74, 6) is -0.218. The van der Waals surface area contributed by atoms with E-state index in [1.54, 1.807) is 0 Å². The molecule has 0 aromatic heterocycles. The maximum atomic E-state index is 10.7. The van der Waals surface area contributed by atoms with Crippen molar-refractivity contribution in [3.05, 3.63) is 0 Å². The van der Waals surface area contributed by atoms with Crippen LogP contribution in [0.3, 0.4) is 0 Å². The van der Waals surface area contributed by atoms with Crippen LogP contribution in [-0.2, 0) is 4.79 Å². The van der Waals surface area contributed by atoms with Gasteiger partial charge in [0.1, 0.15) is 0 Å². The Hall–Kier alpha value is -0.610. The van der Waals surface area contributed by atoms with Crippen molar-refractivity contribution in [2.24, 2.45) is 5.73 Å². The average Bonchev–Trinajstić information content (AvgIpc) is 2.16. The number of likely N-dealkylation sites (tertiary alicyclic amines) is 1. The number of nitrogens with one attached hydrogen (secondary N) is 1. The fourth-order valence-corrected chi connectivity index (χ4v) is 1.86. The Labute approximate surface area is 85.8 Å². The van der Waals surface area contributed by atoms with E-state index in [9.17, 15) is 4.79 Å². The lowest BCUT2D eigenvalue weighted by Crippen LogP contribution is -2.45. The molecule has 1 amide bonds. The first-order chi connectivity index (χ1) is 6.72. The molecule has 1 rings (SSSR count). The smallest absolute Gasteiger partial charge is 0.231 e. The van der Waals surface area contributed by atoms with Gasteiger partial charge in [0.2, 0.25) is 5.91 Å². The third kappa shape index (κ3) is 4.07. The zero-order chi connectivity index (χ0) is 10.4. The Morgan fingerprint density at radius 3 is 2.64 bits per heavy atom. The molecule has 1 fully saturated rings. The lowest BCUT2D eigenvalue weighted by Gasteiger charge is -2.31. The molecule has 0 bridgehead atoms. The quantitative estimate of drug-likeness (QED) is 0.652. The van der Waals surface area contributed by atoms with E-state index in [1.807, 2.05) is 0 Å². The lowest BCUT2D eigenvalue weighted by molar-refractivity contribution is -0.119. The Kier molecular flexibility index (Phi) is 4.90. The molecule has 4 heteroatoms. The second-order valence-electron chi connectivity index (χ2n) is 3.97. The molecule has 0 saturated carbocycles. The standard InChI is InChI=1S/C10H21N3O/c1-2-5-12-9-3-6-13(7-4-9)8-10(11)14/h9,12H,2-8H2,1H3,(H2,11,14). The van der Waals surface area contributed by atoms with Gasteiger partial charge in [0.05, 0.1) is 6.54 Å². The number of carbonyl (C=O) groups excluding carboxylic acids is 1. The maximum absolute atomic E-state index is 10.7. The van der Waals surface area contributed by atoms with Crippen LogP contribution in [-0.4, -0.2) is 43.0 Å². The van der Waals surface area contributed by atoms with Crippen molar-refractivity contribution in [2.45, 2.75) is 32.2 Å². The lowest BCUT2D eigenvalue weighted by atomic mass is 10.1. The summed E-state index contributed by atoms with van der Waals surface area (Å²) in [4.78, 5) is 12.8. The molecule has 82 valence electrons. The van der Waals surface area contributed by atoms with E-state index in [0.717, 1.165) is 32.5 Å². The normalized spacial score (nSPS) is 19.8. The van der Waals surface area contributed by atoms with Crippen LogP contribution < -0.4 is 11.1 Å². The molecule has 0 radical (unpaired) electrons. The molecule has 3 N–H and O–H groups in total. The van der Waals surface area contributed by atoms with Crippen molar-refractivity contribution < 1.29 is 4.79 Å². The fourth-order valence-electron chi connectivity index (χ4n) is 1.86.